The molecule has 1 aliphatic rings. The van der Waals surface area contributed by atoms with Crippen molar-refractivity contribution < 1.29 is 14.0 Å². The van der Waals surface area contributed by atoms with Crippen molar-refractivity contribution in [3.63, 3.8) is 0 Å². The number of benzene rings is 2. The van der Waals surface area contributed by atoms with Crippen LogP contribution in [0.2, 0.25) is 0 Å². The molecule has 28 heavy (non-hydrogen) atoms. The highest BCUT2D eigenvalue weighted by atomic mass is 16.4. The van der Waals surface area contributed by atoms with E-state index in [0.29, 0.717) is 28.7 Å². The number of anilines is 2. The predicted molar refractivity (Wildman–Crippen MR) is 107 cm³/mol. The molecule has 2 N–H and O–H groups in total. The summed E-state index contributed by atoms with van der Waals surface area (Å²) in [6, 6.07) is 16.7. The lowest BCUT2D eigenvalue weighted by molar-refractivity contribution is -0.117. The Kier molecular flexibility index (Phi) is 4.93. The van der Waals surface area contributed by atoms with Crippen molar-refractivity contribution in [3.05, 3.63) is 66.1 Å². The molecule has 0 bridgehead atoms. The second-order valence-corrected chi connectivity index (χ2v) is 6.96. The second-order valence-electron chi connectivity index (χ2n) is 6.96. The van der Waals surface area contributed by atoms with Crippen LogP contribution in [0.25, 0.3) is 11.5 Å². The molecule has 0 atom stereocenters. The molecule has 1 fully saturated rings. The molecule has 0 aliphatic heterocycles. The number of carbonyl (C=O) groups excluding carboxylic acids is 2. The lowest BCUT2D eigenvalue weighted by atomic mass is 10.2. The summed E-state index contributed by atoms with van der Waals surface area (Å²) >= 11 is 0. The van der Waals surface area contributed by atoms with Crippen LogP contribution < -0.4 is 10.6 Å². The second kappa shape index (κ2) is 7.68. The Morgan fingerprint density at radius 3 is 2.46 bits per heavy atom. The quantitative estimate of drug-likeness (QED) is 0.677. The zero-order chi connectivity index (χ0) is 19.5. The molecule has 142 valence electrons. The van der Waals surface area contributed by atoms with Crippen LogP contribution in [0.1, 0.15) is 24.3 Å². The minimum Gasteiger partial charge on any atom is -0.441 e. The van der Waals surface area contributed by atoms with Gasteiger partial charge >= 0.3 is 0 Å². The van der Waals surface area contributed by atoms with Crippen LogP contribution >= 0.6 is 0 Å². The Morgan fingerprint density at radius 2 is 1.75 bits per heavy atom. The minimum atomic E-state index is -0.193. The average molecular weight is 375 g/mol. The van der Waals surface area contributed by atoms with Crippen molar-refractivity contribution in [3.8, 4) is 11.5 Å². The van der Waals surface area contributed by atoms with Gasteiger partial charge in [0.1, 0.15) is 5.76 Å². The van der Waals surface area contributed by atoms with Crippen molar-refractivity contribution in [2.75, 3.05) is 10.6 Å². The fraction of sp³-hybridized carbons (Fsp3) is 0.227. The van der Waals surface area contributed by atoms with E-state index in [-0.39, 0.29) is 24.2 Å². The van der Waals surface area contributed by atoms with E-state index in [0.717, 1.165) is 18.4 Å². The summed E-state index contributed by atoms with van der Waals surface area (Å²) in [6.45, 7) is 1.80. The van der Waals surface area contributed by atoms with Crippen LogP contribution in [0.5, 0.6) is 0 Å². The molecular weight excluding hydrogens is 354 g/mol. The molecule has 0 spiro atoms. The SMILES string of the molecule is Cc1oc(-c2ccccc2)nc1CC(=O)Nc1cccc(NC(=O)C2CC2)c1. The molecule has 0 radical (unpaired) electrons. The summed E-state index contributed by atoms with van der Waals surface area (Å²) < 4.78 is 5.70. The molecule has 6 heteroatoms. The third kappa shape index (κ3) is 4.28. The van der Waals surface area contributed by atoms with Crippen LogP contribution in [-0.2, 0) is 16.0 Å². The number of hydrogen-bond donors (Lipinski definition) is 2. The monoisotopic (exact) mass is 375 g/mol. The summed E-state index contributed by atoms with van der Waals surface area (Å²) in [6.07, 6.45) is 2.01. The number of rotatable bonds is 6. The van der Waals surface area contributed by atoms with E-state index < -0.39 is 0 Å². The molecule has 2 amide bonds. The number of aryl methyl sites for hydroxylation is 1. The topological polar surface area (TPSA) is 84.2 Å². The van der Waals surface area contributed by atoms with E-state index in [1.54, 1.807) is 25.1 Å². The smallest absolute Gasteiger partial charge is 0.230 e. The van der Waals surface area contributed by atoms with Crippen molar-refractivity contribution in [1.82, 2.24) is 4.98 Å². The standard InChI is InChI=1S/C22H21N3O3/c1-14-19(25-22(28-14)16-6-3-2-4-7-16)13-20(26)23-17-8-5-9-18(12-17)24-21(27)15-10-11-15/h2-9,12,15H,10-11,13H2,1H3,(H,23,26)(H,24,27). The van der Waals surface area contributed by atoms with Crippen molar-refractivity contribution >= 4 is 23.2 Å². The molecule has 2 aromatic carbocycles. The third-order valence-electron chi connectivity index (χ3n) is 4.60. The minimum absolute atomic E-state index is 0.0372. The lowest BCUT2D eigenvalue weighted by Gasteiger charge is -2.08. The van der Waals surface area contributed by atoms with Crippen LogP contribution in [0.4, 0.5) is 11.4 Å². The van der Waals surface area contributed by atoms with Crippen molar-refractivity contribution in [2.45, 2.75) is 26.2 Å². The summed E-state index contributed by atoms with van der Waals surface area (Å²) in [7, 11) is 0. The molecule has 0 saturated heterocycles. The van der Waals surface area contributed by atoms with E-state index in [1.807, 2.05) is 36.4 Å². The molecule has 1 aliphatic carbocycles. The Balaban J connectivity index is 1.41. The number of aromatic nitrogens is 1. The van der Waals surface area contributed by atoms with Gasteiger partial charge in [0.15, 0.2) is 0 Å². The van der Waals surface area contributed by atoms with Gasteiger partial charge in [-0.05, 0) is 50.1 Å². The maximum atomic E-state index is 12.5. The highest BCUT2D eigenvalue weighted by molar-refractivity contribution is 5.96. The van der Waals surface area contributed by atoms with E-state index >= 15 is 0 Å². The van der Waals surface area contributed by atoms with Gasteiger partial charge in [-0.1, -0.05) is 24.3 Å². The van der Waals surface area contributed by atoms with Gasteiger partial charge in [-0.25, -0.2) is 4.98 Å². The Morgan fingerprint density at radius 1 is 1.04 bits per heavy atom. The number of amides is 2. The molecule has 1 saturated carbocycles. The van der Waals surface area contributed by atoms with Crippen LogP contribution in [-0.4, -0.2) is 16.8 Å². The largest absolute Gasteiger partial charge is 0.441 e. The van der Waals surface area contributed by atoms with Crippen LogP contribution in [0.3, 0.4) is 0 Å². The highest BCUT2D eigenvalue weighted by Crippen LogP contribution is 2.30. The molecule has 1 aromatic heterocycles. The average Bonchev–Trinajstić information content (AvgIpc) is 3.47. The molecule has 3 aromatic rings. The first-order valence-corrected chi connectivity index (χ1v) is 9.31. The third-order valence-corrected chi connectivity index (χ3v) is 4.60. The van der Waals surface area contributed by atoms with Crippen LogP contribution in [0, 0.1) is 12.8 Å². The van der Waals surface area contributed by atoms with E-state index in [1.165, 1.54) is 0 Å². The Bertz CT molecular complexity index is 1010. The number of nitrogens with one attached hydrogen (secondary N) is 2. The van der Waals surface area contributed by atoms with E-state index in [4.69, 9.17) is 4.42 Å². The summed E-state index contributed by atoms with van der Waals surface area (Å²) in [5.74, 6) is 1.11. The van der Waals surface area contributed by atoms with Gasteiger partial charge in [0.2, 0.25) is 17.7 Å². The van der Waals surface area contributed by atoms with Gasteiger partial charge in [0.05, 0.1) is 12.1 Å². The van der Waals surface area contributed by atoms with Gasteiger partial charge in [-0.2, -0.15) is 0 Å². The number of carbonyl (C=O) groups is 2. The molecular formula is C22H21N3O3. The zero-order valence-electron chi connectivity index (χ0n) is 15.6. The van der Waals surface area contributed by atoms with Gasteiger partial charge < -0.3 is 15.1 Å². The number of oxazole rings is 1. The van der Waals surface area contributed by atoms with Gasteiger partial charge in [-0.3, -0.25) is 9.59 Å². The lowest BCUT2D eigenvalue weighted by Crippen LogP contribution is -2.16. The highest BCUT2D eigenvalue weighted by Gasteiger charge is 2.29. The summed E-state index contributed by atoms with van der Waals surface area (Å²) in [5.41, 5.74) is 2.78. The Labute approximate surface area is 163 Å². The fourth-order valence-corrected chi connectivity index (χ4v) is 2.92. The Hall–Kier alpha value is -3.41. The fourth-order valence-electron chi connectivity index (χ4n) is 2.92. The first-order chi connectivity index (χ1) is 13.6. The van der Waals surface area contributed by atoms with Gasteiger partial charge in [0.25, 0.3) is 0 Å². The first kappa shape index (κ1) is 18.0. The molecule has 4 rings (SSSR count). The van der Waals surface area contributed by atoms with E-state index in [2.05, 4.69) is 15.6 Å². The molecule has 1 heterocycles. The zero-order valence-corrected chi connectivity index (χ0v) is 15.6. The van der Waals surface area contributed by atoms with E-state index in [9.17, 15) is 9.59 Å². The van der Waals surface area contributed by atoms with Crippen molar-refractivity contribution in [1.29, 1.82) is 0 Å². The van der Waals surface area contributed by atoms with Gasteiger partial charge in [-0.15, -0.1) is 0 Å². The maximum absolute atomic E-state index is 12.5. The molecule has 0 unspecified atom stereocenters. The summed E-state index contributed by atoms with van der Waals surface area (Å²) in [5, 5.41) is 5.73. The maximum Gasteiger partial charge on any atom is 0.230 e. The van der Waals surface area contributed by atoms with Crippen molar-refractivity contribution in [2.24, 2.45) is 5.92 Å². The predicted octanol–water partition coefficient (Wildman–Crippen LogP) is 4.18. The van der Waals surface area contributed by atoms with Gasteiger partial charge in [0, 0.05) is 22.9 Å². The molecule has 6 nitrogen and oxygen atoms in total. The first-order valence-electron chi connectivity index (χ1n) is 9.31. The number of nitrogens with zero attached hydrogens (tertiary/aromatic N) is 1. The normalized spacial score (nSPS) is 13.2. The van der Waals surface area contributed by atoms with Crippen LogP contribution in [0.15, 0.2) is 59.0 Å². The summed E-state index contributed by atoms with van der Waals surface area (Å²) in [4.78, 5) is 28.8. The number of hydrogen-bond acceptors (Lipinski definition) is 4.